The summed E-state index contributed by atoms with van der Waals surface area (Å²) in [4.78, 5) is 17.6. The first kappa shape index (κ1) is 23.9. The van der Waals surface area contributed by atoms with Crippen LogP contribution in [0.3, 0.4) is 0 Å². The van der Waals surface area contributed by atoms with E-state index in [9.17, 15) is 13.2 Å². The van der Waals surface area contributed by atoms with E-state index >= 15 is 0 Å². The molecule has 2 saturated heterocycles. The molecular formula is C25H33N3O4S. The number of carbonyl (C=O) groups excluding carboxylic acids is 1. The predicted molar refractivity (Wildman–Crippen MR) is 126 cm³/mol. The molecule has 4 rings (SSSR count). The van der Waals surface area contributed by atoms with Crippen LogP contribution < -0.4 is 5.32 Å². The number of hydrogen-bond acceptors (Lipinski definition) is 5. The van der Waals surface area contributed by atoms with E-state index in [1.807, 2.05) is 25.1 Å². The van der Waals surface area contributed by atoms with Gasteiger partial charge in [-0.1, -0.05) is 44.5 Å². The van der Waals surface area contributed by atoms with Gasteiger partial charge in [0.1, 0.15) is 0 Å². The Morgan fingerprint density at radius 2 is 1.91 bits per heavy atom. The molecule has 0 aliphatic carbocycles. The number of sulfonamides is 1. The fourth-order valence-electron chi connectivity index (χ4n) is 4.61. The third-order valence-electron chi connectivity index (χ3n) is 6.49. The number of pyridine rings is 1. The number of nitrogens with zero attached hydrogens (tertiary/aromatic N) is 2. The molecule has 8 heteroatoms. The van der Waals surface area contributed by atoms with Gasteiger partial charge in [-0.25, -0.2) is 8.42 Å². The summed E-state index contributed by atoms with van der Waals surface area (Å²) < 4.78 is 33.4. The highest BCUT2D eigenvalue weighted by molar-refractivity contribution is 7.89. The van der Waals surface area contributed by atoms with Crippen LogP contribution in [0.25, 0.3) is 0 Å². The number of rotatable bonds is 6. The van der Waals surface area contributed by atoms with Gasteiger partial charge < -0.3 is 10.1 Å². The first-order valence-electron chi connectivity index (χ1n) is 11.4. The van der Waals surface area contributed by atoms with Gasteiger partial charge >= 0.3 is 0 Å². The van der Waals surface area contributed by atoms with Crippen LogP contribution in [0.5, 0.6) is 0 Å². The van der Waals surface area contributed by atoms with Crippen molar-refractivity contribution in [2.24, 2.45) is 5.41 Å². The lowest BCUT2D eigenvalue weighted by molar-refractivity contribution is -0.133. The Morgan fingerprint density at radius 1 is 1.21 bits per heavy atom. The van der Waals surface area contributed by atoms with Gasteiger partial charge in [0.2, 0.25) is 15.9 Å². The molecule has 1 amide bonds. The third kappa shape index (κ3) is 5.13. The molecule has 33 heavy (non-hydrogen) atoms. The SMILES string of the molecule is Cc1ccc(S(=O)(=O)N2CC3(CC[C@@H](CC(=O)N[C@H](c4ccccn4)C(C)(C)C)O3)C2)cc1. The number of hydrogen-bond donors (Lipinski definition) is 1. The smallest absolute Gasteiger partial charge is 0.243 e. The number of carbonyl (C=O) groups is 1. The van der Waals surface area contributed by atoms with Crippen molar-refractivity contribution in [3.8, 4) is 0 Å². The fourth-order valence-corrected chi connectivity index (χ4v) is 6.19. The number of benzene rings is 1. The summed E-state index contributed by atoms with van der Waals surface area (Å²) in [7, 11) is -3.52. The normalized spacial score (nSPS) is 21.5. The van der Waals surface area contributed by atoms with Crippen LogP contribution in [-0.2, 0) is 19.6 Å². The molecule has 1 spiro atoms. The molecule has 178 valence electrons. The van der Waals surface area contributed by atoms with Gasteiger partial charge in [-0.15, -0.1) is 0 Å². The molecule has 2 aliphatic rings. The lowest BCUT2D eigenvalue weighted by Crippen LogP contribution is -2.63. The molecule has 0 saturated carbocycles. The quantitative estimate of drug-likeness (QED) is 0.695. The highest BCUT2D eigenvalue weighted by atomic mass is 32.2. The Kier molecular flexibility index (Phi) is 6.37. The van der Waals surface area contributed by atoms with E-state index in [4.69, 9.17) is 4.74 Å². The van der Waals surface area contributed by atoms with Crippen LogP contribution in [0, 0.1) is 12.3 Å². The number of nitrogens with one attached hydrogen (secondary N) is 1. The summed E-state index contributed by atoms with van der Waals surface area (Å²) >= 11 is 0. The van der Waals surface area contributed by atoms with E-state index < -0.39 is 15.6 Å². The molecule has 7 nitrogen and oxygen atoms in total. The highest BCUT2D eigenvalue weighted by Crippen LogP contribution is 2.41. The molecule has 1 aromatic heterocycles. The van der Waals surface area contributed by atoms with Gasteiger partial charge in [-0.3, -0.25) is 9.78 Å². The van der Waals surface area contributed by atoms with Crippen molar-refractivity contribution in [2.45, 2.75) is 69.6 Å². The first-order valence-corrected chi connectivity index (χ1v) is 12.9. The van der Waals surface area contributed by atoms with Crippen LogP contribution in [0.2, 0.25) is 0 Å². The van der Waals surface area contributed by atoms with E-state index in [0.717, 1.165) is 24.1 Å². The van der Waals surface area contributed by atoms with Crippen LogP contribution in [0.15, 0.2) is 53.6 Å². The van der Waals surface area contributed by atoms with Crippen molar-refractivity contribution in [3.05, 3.63) is 59.9 Å². The van der Waals surface area contributed by atoms with Crippen molar-refractivity contribution in [1.29, 1.82) is 0 Å². The minimum atomic E-state index is -3.52. The van der Waals surface area contributed by atoms with Crippen LogP contribution in [0.4, 0.5) is 0 Å². The van der Waals surface area contributed by atoms with Crippen molar-refractivity contribution in [1.82, 2.24) is 14.6 Å². The second kappa shape index (κ2) is 8.81. The number of ether oxygens (including phenoxy) is 1. The molecule has 2 aliphatic heterocycles. The van der Waals surface area contributed by atoms with Gasteiger partial charge in [0.15, 0.2) is 0 Å². The Labute approximate surface area is 196 Å². The molecule has 2 atom stereocenters. The van der Waals surface area contributed by atoms with Gasteiger partial charge in [0, 0.05) is 19.3 Å². The molecule has 1 N–H and O–H groups in total. The van der Waals surface area contributed by atoms with Gasteiger partial charge in [-0.2, -0.15) is 4.31 Å². The zero-order chi connectivity index (χ0) is 23.9. The first-order chi connectivity index (χ1) is 15.5. The Balaban J connectivity index is 1.33. The monoisotopic (exact) mass is 471 g/mol. The van der Waals surface area contributed by atoms with Crippen molar-refractivity contribution in [2.75, 3.05) is 13.1 Å². The van der Waals surface area contributed by atoms with Gasteiger partial charge in [-0.05, 0) is 49.4 Å². The maximum atomic E-state index is 12.9. The van der Waals surface area contributed by atoms with Gasteiger partial charge in [0.05, 0.1) is 34.8 Å². The van der Waals surface area contributed by atoms with E-state index in [0.29, 0.717) is 18.0 Å². The molecule has 0 radical (unpaired) electrons. The Hall–Kier alpha value is -2.29. The van der Waals surface area contributed by atoms with Crippen molar-refractivity contribution >= 4 is 15.9 Å². The molecular weight excluding hydrogens is 438 g/mol. The van der Waals surface area contributed by atoms with Crippen LogP contribution >= 0.6 is 0 Å². The standard InChI is InChI=1S/C25H33N3O4S/c1-18-8-10-20(11-9-18)33(30,31)28-16-25(17-28)13-12-19(32-25)15-22(29)27-23(24(2,3)4)21-7-5-6-14-26-21/h5-11,14,19,23H,12-13,15-17H2,1-4H3,(H,27,29)/t19-,23+/m0/s1. The molecule has 1 aromatic carbocycles. The van der Waals surface area contributed by atoms with Crippen molar-refractivity contribution in [3.63, 3.8) is 0 Å². The topological polar surface area (TPSA) is 88.6 Å². The number of aryl methyl sites for hydroxylation is 1. The molecule has 0 unspecified atom stereocenters. The summed E-state index contributed by atoms with van der Waals surface area (Å²) in [5.41, 5.74) is 1.18. The average Bonchev–Trinajstić information content (AvgIpc) is 3.15. The molecule has 0 bridgehead atoms. The maximum Gasteiger partial charge on any atom is 0.243 e. The fraction of sp³-hybridized carbons (Fsp3) is 0.520. The van der Waals surface area contributed by atoms with Crippen LogP contribution in [-0.4, -0.2) is 48.4 Å². The minimum absolute atomic E-state index is 0.0777. The Morgan fingerprint density at radius 3 is 2.52 bits per heavy atom. The predicted octanol–water partition coefficient (Wildman–Crippen LogP) is 3.61. The lowest BCUT2D eigenvalue weighted by atomic mass is 9.84. The van der Waals surface area contributed by atoms with E-state index in [1.54, 1.807) is 30.5 Å². The second-order valence-electron chi connectivity index (χ2n) is 10.4. The van der Waals surface area contributed by atoms with E-state index in [1.165, 1.54) is 4.31 Å². The number of amides is 1. The molecule has 2 fully saturated rings. The zero-order valence-corrected chi connectivity index (χ0v) is 20.6. The van der Waals surface area contributed by atoms with Crippen molar-refractivity contribution < 1.29 is 17.9 Å². The Bertz CT molecular complexity index is 1090. The summed E-state index contributed by atoms with van der Waals surface area (Å²) in [6, 6.07) is 12.4. The van der Waals surface area contributed by atoms with E-state index in [2.05, 4.69) is 31.1 Å². The summed E-state index contributed by atoms with van der Waals surface area (Å²) in [6.07, 6.45) is 3.28. The maximum absolute atomic E-state index is 12.9. The second-order valence-corrected chi connectivity index (χ2v) is 12.3. The largest absolute Gasteiger partial charge is 0.368 e. The summed E-state index contributed by atoms with van der Waals surface area (Å²) in [6.45, 7) is 8.82. The molecule has 3 heterocycles. The lowest BCUT2D eigenvalue weighted by Gasteiger charge is -2.46. The minimum Gasteiger partial charge on any atom is -0.368 e. The zero-order valence-electron chi connectivity index (χ0n) is 19.7. The van der Waals surface area contributed by atoms with Gasteiger partial charge in [0.25, 0.3) is 0 Å². The van der Waals surface area contributed by atoms with Crippen LogP contribution in [0.1, 0.15) is 57.3 Å². The summed E-state index contributed by atoms with van der Waals surface area (Å²) in [5, 5.41) is 3.13. The molecule has 2 aromatic rings. The third-order valence-corrected chi connectivity index (χ3v) is 8.30. The summed E-state index contributed by atoms with van der Waals surface area (Å²) in [5.74, 6) is -0.0777. The number of aromatic nitrogens is 1. The highest BCUT2D eigenvalue weighted by Gasteiger charge is 2.53. The van der Waals surface area contributed by atoms with E-state index in [-0.39, 0.29) is 29.9 Å². The average molecular weight is 472 g/mol.